The molecule has 0 radical (unpaired) electrons. The van der Waals surface area contributed by atoms with Gasteiger partial charge in [0, 0.05) is 5.56 Å². The Morgan fingerprint density at radius 1 is 1.32 bits per heavy atom. The number of ether oxygens (including phenoxy) is 2. The van der Waals surface area contributed by atoms with E-state index in [9.17, 15) is 9.59 Å². The number of methoxy groups -OCH3 is 2. The van der Waals surface area contributed by atoms with Crippen molar-refractivity contribution >= 4 is 27.8 Å². The Kier molecular flexibility index (Phi) is 7.17. The van der Waals surface area contributed by atoms with Crippen molar-refractivity contribution in [3.05, 3.63) is 22.2 Å². The van der Waals surface area contributed by atoms with E-state index in [0.29, 0.717) is 28.0 Å². The van der Waals surface area contributed by atoms with Crippen molar-refractivity contribution in [2.75, 3.05) is 14.2 Å². The van der Waals surface area contributed by atoms with Crippen LogP contribution in [0, 0.1) is 0 Å². The molecule has 122 valence electrons. The van der Waals surface area contributed by atoms with Gasteiger partial charge in [-0.3, -0.25) is 4.79 Å². The second-order valence-electron chi connectivity index (χ2n) is 4.70. The van der Waals surface area contributed by atoms with Crippen LogP contribution in [-0.4, -0.2) is 37.2 Å². The lowest BCUT2D eigenvalue weighted by Gasteiger charge is -2.16. The molecule has 1 rings (SSSR count). The summed E-state index contributed by atoms with van der Waals surface area (Å²) in [6.45, 7) is 1.96. The van der Waals surface area contributed by atoms with Gasteiger partial charge in [0.15, 0.2) is 11.5 Å². The average molecular weight is 374 g/mol. The molecule has 0 aliphatic carbocycles. The monoisotopic (exact) mass is 373 g/mol. The van der Waals surface area contributed by atoms with Gasteiger partial charge in [-0.2, -0.15) is 0 Å². The number of hydrogen-bond donors (Lipinski definition) is 2. The predicted octanol–water partition coefficient (Wildman–Crippen LogP) is 2.84. The molecule has 1 aromatic rings. The summed E-state index contributed by atoms with van der Waals surface area (Å²) in [5, 5.41) is 11.7. The van der Waals surface area contributed by atoms with Gasteiger partial charge in [0.05, 0.1) is 18.7 Å². The van der Waals surface area contributed by atoms with Gasteiger partial charge < -0.3 is 19.9 Å². The summed E-state index contributed by atoms with van der Waals surface area (Å²) < 4.78 is 10.9. The quantitative estimate of drug-likeness (QED) is 0.731. The number of carbonyl (C=O) groups excluding carboxylic acids is 1. The molecule has 0 aromatic heterocycles. The maximum atomic E-state index is 12.3. The summed E-state index contributed by atoms with van der Waals surface area (Å²) in [6, 6.07) is 2.17. The van der Waals surface area contributed by atoms with Crippen molar-refractivity contribution in [3.8, 4) is 11.5 Å². The summed E-state index contributed by atoms with van der Waals surface area (Å²) in [5.41, 5.74) is 0.298. The second kappa shape index (κ2) is 8.63. The number of halogens is 1. The minimum atomic E-state index is -1.04. The zero-order valence-corrected chi connectivity index (χ0v) is 14.4. The third-order valence-electron chi connectivity index (χ3n) is 3.15. The van der Waals surface area contributed by atoms with E-state index >= 15 is 0 Å². The van der Waals surface area contributed by atoms with Gasteiger partial charge in [0.25, 0.3) is 5.91 Å². The van der Waals surface area contributed by atoms with Gasteiger partial charge in [-0.15, -0.1) is 0 Å². The number of hydrogen-bond acceptors (Lipinski definition) is 4. The molecule has 0 bridgehead atoms. The molecule has 0 heterocycles. The highest BCUT2D eigenvalue weighted by molar-refractivity contribution is 9.10. The van der Waals surface area contributed by atoms with Crippen LogP contribution in [0.5, 0.6) is 11.5 Å². The molecule has 1 aromatic carbocycles. The lowest BCUT2D eigenvalue weighted by Crippen LogP contribution is -2.40. The van der Waals surface area contributed by atoms with Crippen LogP contribution in [0.15, 0.2) is 16.6 Å². The van der Waals surface area contributed by atoms with E-state index in [4.69, 9.17) is 14.6 Å². The highest BCUT2D eigenvalue weighted by Crippen LogP contribution is 2.36. The molecule has 2 N–H and O–H groups in total. The van der Waals surface area contributed by atoms with E-state index < -0.39 is 17.9 Å². The van der Waals surface area contributed by atoms with Crippen molar-refractivity contribution in [2.24, 2.45) is 0 Å². The van der Waals surface area contributed by atoms with Crippen LogP contribution in [0.2, 0.25) is 0 Å². The normalized spacial score (nSPS) is 11.6. The van der Waals surface area contributed by atoms with E-state index in [0.717, 1.165) is 12.8 Å². The molecule has 0 spiro atoms. The lowest BCUT2D eigenvalue weighted by atomic mass is 10.1. The maximum absolute atomic E-state index is 12.3. The predicted molar refractivity (Wildman–Crippen MR) is 85.7 cm³/mol. The van der Waals surface area contributed by atoms with Crippen LogP contribution < -0.4 is 14.8 Å². The molecule has 1 atom stereocenters. The third-order valence-corrected chi connectivity index (χ3v) is 3.73. The molecule has 6 nitrogen and oxygen atoms in total. The van der Waals surface area contributed by atoms with E-state index in [-0.39, 0.29) is 0 Å². The Morgan fingerprint density at radius 2 is 2.00 bits per heavy atom. The second-order valence-corrected chi connectivity index (χ2v) is 5.55. The molecule has 0 aliphatic rings. The van der Waals surface area contributed by atoms with Crippen molar-refractivity contribution in [1.82, 2.24) is 5.32 Å². The summed E-state index contributed by atoms with van der Waals surface area (Å²) in [5.74, 6) is -0.645. The largest absolute Gasteiger partial charge is 0.493 e. The minimum Gasteiger partial charge on any atom is -0.493 e. The lowest BCUT2D eigenvalue weighted by molar-refractivity contribution is -0.139. The topological polar surface area (TPSA) is 84.9 Å². The first-order valence-electron chi connectivity index (χ1n) is 6.89. The molecule has 0 unspecified atom stereocenters. The van der Waals surface area contributed by atoms with E-state index in [2.05, 4.69) is 21.2 Å². The Morgan fingerprint density at radius 3 is 2.50 bits per heavy atom. The molecule has 0 aliphatic heterocycles. The summed E-state index contributed by atoms with van der Waals surface area (Å²) in [7, 11) is 2.96. The number of unbranched alkanes of at least 4 members (excludes halogenated alkanes) is 1. The number of carboxylic acids is 1. The van der Waals surface area contributed by atoms with Crippen LogP contribution in [0.3, 0.4) is 0 Å². The highest BCUT2D eigenvalue weighted by atomic mass is 79.9. The summed E-state index contributed by atoms with van der Waals surface area (Å²) in [6.07, 6.45) is 1.99. The van der Waals surface area contributed by atoms with Gasteiger partial charge in [-0.05, 0) is 34.5 Å². The van der Waals surface area contributed by atoms with E-state index in [1.54, 1.807) is 6.07 Å². The first kappa shape index (κ1) is 18.3. The Bertz CT molecular complexity index is 547. The smallest absolute Gasteiger partial charge is 0.326 e. The van der Waals surface area contributed by atoms with Gasteiger partial charge >= 0.3 is 5.97 Å². The molecular weight excluding hydrogens is 354 g/mol. The number of aliphatic carboxylic acids is 1. The zero-order valence-electron chi connectivity index (χ0n) is 12.8. The van der Waals surface area contributed by atoms with Crippen LogP contribution in [0.4, 0.5) is 0 Å². The fraction of sp³-hybridized carbons (Fsp3) is 0.467. The highest BCUT2D eigenvalue weighted by Gasteiger charge is 2.21. The SMILES string of the molecule is CCCC[C@H](NC(=O)c1cc(Br)c(OC)c(OC)c1)C(=O)O. The minimum absolute atomic E-state index is 0.298. The van der Waals surface area contributed by atoms with Crippen LogP contribution in [0.1, 0.15) is 36.5 Å². The Balaban J connectivity index is 2.97. The van der Waals surface area contributed by atoms with Crippen LogP contribution in [-0.2, 0) is 4.79 Å². The maximum Gasteiger partial charge on any atom is 0.326 e. The molecule has 0 saturated carbocycles. The molecular formula is C15H20BrNO5. The van der Waals surface area contributed by atoms with E-state index in [1.165, 1.54) is 20.3 Å². The van der Waals surface area contributed by atoms with Crippen molar-refractivity contribution in [3.63, 3.8) is 0 Å². The molecule has 7 heteroatoms. The van der Waals surface area contributed by atoms with Gasteiger partial charge in [0.1, 0.15) is 6.04 Å². The first-order valence-corrected chi connectivity index (χ1v) is 7.69. The van der Waals surface area contributed by atoms with Gasteiger partial charge in [0.2, 0.25) is 0 Å². The van der Waals surface area contributed by atoms with Crippen LogP contribution in [0.25, 0.3) is 0 Å². The Hall–Kier alpha value is -1.76. The third kappa shape index (κ3) is 4.62. The number of carboxylic acid groups (broad SMARTS) is 1. The molecule has 0 fully saturated rings. The number of benzene rings is 1. The first-order chi connectivity index (χ1) is 10.4. The summed E-state index contributed by atoms with van der Waals surface area (Å²) in [4.78, 5) is 23.4. The average Bonchev–Trinajstić information content (AvgIpc) is 2.49. The van der Waals surface area contributed by atoms with Gasteiger partial charge in [-0.25, -0.2) is 4.79 Å². The van der Waals surface area contributed by atoms with Crippen molar-refractivity contribution in [1.29, 1.82) is 0 Å². The molecule has 1 amide bonds. The number of rotatable bonds is 8. The fourth-order valence-electron chi connectivity index (χ4n) is 1.96. The number of amides is 1. The molecule has 22 heavy (non-hydrogen) atoms. The number of carbonyl (C=O) groups is 2. The van der Waals surface area contributed by atoms with E-state index in [1.807, 2.05) is 6.92 Å². The molecule has 0 saturated heterocycles. The standard InChI is InChI=1S/C15H20BrNO5/c1-4-5-6-11(15(19)20)17-14(18)9-7-10(16)13(22-3)12(8-9)21-2/h7-8,11H,4-6H2,1-3H3,(H,17,18)(H,19,20)/t11-/m0/s1. The fourth-order valence-corrected chi connectivity index (χ4v) is 2.56. The van der Waals surface area contributed by atoms with Crippen molar-refractivity contribution < 1.29 is 24.2 Å². The van der Waals surface area contributed by atoms with Crippen LogP contribution >= 0.6 is 15.9 Å². The Labute approximate surface area is 137 Å². The van der Waals surface area contributed by atoms with Crippen molar-refractivity contribution in [2.45, 2.75) is 32.2 Å². The van der Waals surface area contributed by atoms with Gasteiger partial charge in [-0.1, -0.05) is 19.8 Å². The summed E-state index contributed by atoms with van der Waals surface area (Å²) >= 11 is 3.30. The zero-order chi connectivity index (χ0) is 16.7. The number of nitrogens with one attached hydrogen (secondary N) is 1.